The summed E-state index contributed by atoms with van der Waals surface area (Å²) in [6.45, 7) is 3.44. The number of carboxylic acid groups (broad SMARTS) is 1. The quantitative estimate of drug-likeness (QED) is 0.802. The van der Waals surface area contributed by atoms with Gasteiger partial charge < -0.3 is 10.4 Å². The first-order chi connectivity index (χ1) is 7.55. The number of hydrogen-bond acceptors (Lipinski definition) is 5. The highest BCUT2D eigenvalue weighted by Gasteiger charge is 2.36. The van der Waals surface area contributed by atoms with E-state index >= 15 is 0 Å². The minimum Gasteiger partial charge on any atom is -0.480 e. The number of carbonyl (C=O) groups excluding carboxylic acids is 1. The predicted molar refractivity (Wildman–Crippen MR) is 58.3 cm³/mol. The summed E-state index contributed by atoms with van der Waals surface area (Å²) in [4.78, 5) is 22.8. The van der Waals surface area contributed by atoms with Gasteiger partial charge in [0.1, 0.15) is 5.54 Å². The number of amides is 1. The Labute approximate surface area is 97.0 Å². The highest BCUT2D eigenvalue weighted by atomic mass is 32.1. The summed E-state index contributed by atoms with van der Waals surface area (Å²) in [5.74, 6) is -1.53. The number of aromatic nitrogens is 2. The van der Waals surface area contributed by atoms with E-state index in [4.69, 9.17) is 5.11 Å². The van der Waals surface area contributed by atoms with Crippen molar-refractivity contribution < 1.29 is 14.7 Å². The lowest BCUT2D eigenvalue weighted by Gasteiger charge is -2.27. The Kier molecular flexibility index (Phi) is 3.94. The third-order valence-corrected chi connectivity index (χ3v) is 3.04. The van der Waals surface area contributed by atoms with Gasteiger partial charge in [-0.2, -0.15) is 8.75 Å². The van der Waals surface area contributed by atoms with Crippen molar-refractivity contribution >= 4 is 23.6 Å². The lowest BCUT2D eigenvalue weighted by Crippen LogP contribution is -2.53. The summed E-state index contributed by atoms with van der Waals surface area (Å²) in [6, 6.07) is 0. The summed E-state index contributed by atoms with van der Waals surface area (Å²) in [5, 5.41) is 11.6. The van der Waals surface area contributed by atoms with E-state index in [0.717, 1.165) is 11.7 Å². The summed E-state index contributed by atoms with van der Waals surface area (Å²) in [7, 11) is 0. The van der Waals surface area contributed by atoms with Gasteiger partial charge in [0.15, 0.2) is 5.69 Å². The Morgan fingerprint density at radius 1 is 1.50 bits per heavy atom. The molecule has 0 aliphatic heterocycles. The number of aliphatic carboxylic acids is 1. The molecule has 1 amide bonds. The second-order valence-electron chi connectivity index (χ2n) is 3.34. The van der Waals surface area contributed by atoms with E-state index in [1.165, 1.54) is 6.20 Å². The standard InChI is InChI=1S/C9H13N3O3S/c1-3-9(4-2,8(14)15)11-7(13)6-5-10-16-12-6/h5H,3-4H2,1-2H3,(H,11,13)(H,14,15). The van der Waals surface area contributed by atoms with Gasteiger partial charge in [0.25, 0.3) is 5.91 Å². The van der Waals surface area contributed by atoms with Gasteiger partial charge in [0.05, 0.1) is 17.9 Å². The van der Waals surface area contributed by atoms with Crippen molar-refractivity contribution in [3.05, 3.63) is 11.9 Å². The number of nitrogens with one attached hydrogen (secondary N) is 1. The maximum Gasteiger partial charge on any atom is 0.329 e. The molecule has 0 atom stereocenters. The fourth-order valence-corrected chi connectivity index (χ4v) is 1.74. The SMILES string of the molecule is CCC(CC)(NC(=O)c1cnsn1)C(=O)O. The van der Waals surface area contributed by atoms with Gasteiger partial charge in [0, 0.05) is 0 Å². The molecule has 16 heavy (non-hydrogen) atoms. The van der Waals surface area contributed by atoms with E-state index in [9.17, 15) is 9.59 Å². The van der Waals surface area contributed by atoms with Crippen molar-refractivity contribution in [3.8, 4) is 0 Å². The average molecular weight is 243 g/mol. The van der Waals surface area contributed by atoms with Crippen LogP contribution in [0.2, 0.25) is 0 Å². The molecule has 88 valence electrons. The van der Waals surface area contributed by atoms with Crippen LogP contribution in [0, 0.1) is 0 Å². The largest absolute Gasteiger partial charge is 0.480 e. The monoisotopic (exact) mass is 243 g/mol. The van der Waals surface area contributed by atoms with Crippen molar-refractivity contribution in [3.63, 3.8) is 0 Å². The highest BCUT2D eigenvalue weighted by molar-refractivity contribution is 6.99. The molecule has 0 aromatic carbocycles. The molecule has 0 fully saturated rings. The van der Waals surface area contributed by atoms with Crippen molar-refractivity contribution in [1.29, 1.82) is 0 Å². The Balaban J connectivity index is 2.84. The average Bonchev–Trinajstić information content (AvgIpc) is 2.78. The van der Waals surface area contributed by atoms with E-state index in [1.807, 2.05) is 0 Å². The Morgan fingerprint density at radius 2 is 2.12 bits per heavy atom. The van der Waals surface area contributed by atoms with Crippen LogP contribution in [0.3, 0.4) is 0 Å². The van der Waals surface area contributed by atoms with E-state index in [-0.39, 0.29) is 5.69 Å². The van der Waals surface area contributed by atoms with Crippen LogP contribution in [0.4, 0.5) is 0 Å². The molecule has 6 nitrogen and oxygen atoms in total. The van der Waals surface area contributed by atoms with Gasteiger partial charge in [-0.25, -0.2) is 4.79 Å². The number of hydrogen-bond donors (Lipinski definition) is 2. The van der Waals surface area contributed by atoms with E-state index in [2.05, 4.69) is 14.1 Å². The molecular weight excluding hydrogens is 230 g/mol. The van der Waals surface area contributed by atoms with Crippen molar-refractivity contribution in [1.82, 2.24) is 14.1 Å². The third-order valence-electron chi connectivity index (χ3n) is 2.56. The number of carbonyl (C=O) groups is 2. The zero-order chi connectivity index (χ0) is 12.2. The van der Waals surface area contributed by atoms with Crippen LogP contribution < -0.4 is 5.32 Å². The topological polar surface area (TPSA) is 92.2 Å². The van der Waals surface area contributed by atoms with Crippen molar-refractivity contribution in [2.24, 2.45) is 0 Å². The molecule has 0 bridgehead atoms. The zero-order valence-electron chi connectivity index (χ0n) is 9.06. The summed E-state index contributed by atoms with van der Waals surface area (Å²) in [5.41, 5.74) is -1.07. The number of carboxylic acids is 1. The Bertz CT molecular complexity index is 373. The Hall–Kier alpha value is -1.50. The molecule has 0 aliphatic carbocycles. The molecule has 0 radical (unpaired) electrons. The van der Waals surface area contributed by atoms with Crippen LogP contribution in [0.1, 0.15) is 37.2 Å². The second-order valence-corrected chi connectivity index (χ2v) is 3.90. The predicted octanol–water partition coefficient (Wildman–Crippen LogP) is 0.911. The first-order valence-electron chi connectivity index (χ1n) is 4.89. The van der Waals surface area contributed by atoms with Gasteiger partial charge in [-0.1, -0.05) is 13.8 Å². The molecule has 1 aromatic rings. The molecular formula is C9H13N3O3S. The third kappa shape index (κ3) is 2.35. The molecule has 0 saturated carbocycles. The summed E-state index contributed by atoms with van der Waals surface area (Å²) < 4.78 is 7.45. The molecule has 1 aromatic heterocycles. The summed E-state index contributed by atoms with van der Waals surface area (Å²) >= 11 is 0.909. The molecule has 0 unspecified atom stereocenters. The van der Waals surface area contributed by atoms with Crippen LogP contribution >= 0.6 is 11.7 Å². The van der Waals surface area contributed by atoms with Gasteiger partial charge >= 0.3 is 5.97 Å². The van der Waals surface area contributed by atoms with E-state index in [0.29, 0.717) is 12.8 Å². The fraction of sp³-hybridized carbons (Fsp3) is 0.556. The maximum absolute atomic E-state index is 11.7. The zero-order valence-corrected chi connectivity index (χ0v) is 9.87. The van der Waals surface area contributed by atoms with Crippen molar-refractivity contribution in [2.75, 3.05) is 0 Å². The number of rotatable bonds is 5. The van der Waals surface area contributed by atoms with Crippen LogP contribution in [0.5, 0.6) is 0 Å². The lowest BCUT2D eigenvalue weighted by molar-refractivity contribution is -0.144. The molecule has 1 rings (SSSR count). The molecule has 0 aliphatic rings. The molecule has 2 N–H and O–H groups in total. The maximum atomic E-state index is 11.7. The van der Waals surface area contributed by atoms with Crippen LogP contribution in [-0.4, -0.2) is 31.3 Å². The van der Waals surface area contributed by atoms with Gasteiger partial charge in [-0.05, 0) is 12.8 Å². The van der Waals surface area contributed by atoms with Gasteiger partial charge in [-0.15, -0.1) is 0 Å². The second kappa shape index (κ2) is 5.02. The normalized spacial score (nSPS) is 11.1. The van der Waals surface area contributed by atoms with Crippen LogP contribution in [0.15, 0.2) is 6.20 Å². The highest BCUT2D eigenvalue weighted by Crippen LogP contribution is 2.16. The van der Waals surface area contributed by atoms with Crippen LogP contribution in [-0.2, 0) is 4.79 Å². The van der Waals surface area contributed by atoms with E-state index in [1.54, 1.807) is 13.8 Å². The smallest absolute Gasteiger partial charge is 0.329 e. The molecule has 0 spiro atoms. The first-order valence-corrected chi connectivity index (χ1v) is 5.62. The van der Waals surface area contributed by atoms with E-state index < -0.39 is 17.4 Å². The van der Waals surface area contributed by atoms with Gasteiger partial charge in [-0.3, -0.25) is 4.79 Å². The fourth-order valence-electron chi connectivity index (χ4n) is 1.33. The number of nitrogens with zero attached hydrogens (tertiary/aromatic N) is 2. The Morgan fingerprint density at radius 3 is 2.50 bits per heavy atom. The summed E-state index contributed by atoms with van der Waals surface area (Å²) in [6.07, 6.45) is 1.96. The minimum absolute atomic E-state index is 0.150. The van der Waals surface area contributed by atoms with Crippen LogP contribution in [0.25, 0.3) is 0 Å². The first kappa shape index (κ1) is 12.6. The van der Waals surface area contributed by atoms with Crippen molar-refractivity contribution in [2.45, 2.75) is 32.2 Å². The lowest BCUT2D eigenvalue weighted by atomic mass is 9.93. The molecule has 7 heteroatoms. The molecule has 1 heterocycles. The minimum atomic E-state index is -1.22. The van der Waals surface area contributed by atoms with Gasteiger partial charge in [0.2, 0.25) is 0 Å². The molecule has 0 saturated heterocycles.